The van der Waals surface area contributed by atoms with E-state index < -0.39 is 12.0 Å². The Labute approximate surface area is 71.8 Å². The fourth-order valence-electron chi connectivity index (χ4n) is 0.765. The van der Waals surface area contributed by atoms with Crippen LogP contribution in [-0.2, 0) is 9.53 Å². The second-order valence-electron chi connectivity index (χ2n) is 2.81. The molecule has 1 atom stereocenters. The molecule has 11 heavy (non-hydrogen) atoms. The minimum atomic E-state index is -0.534. The lowest BCUT2D eigenvalue weighted by atomic mass is 10.1. The fourth-order valence-corrected chi connectivity index (χ4v) is 0.872. The van der Waals surface area contributed by atoms with Crippen molar-refractivity contribution in [2.75, 3.05) is 6.07 Å². The maximum absolute atomic E-state index is 10.8. The fraction of sp³-hybridized carbons (Fsp3) is 0.857. The summed E-state index contributed by atoms with van der Waals surface area (Å²) in [5, 5.41) is 0. The normalized spacial score (nSPS) is 13.2. The third-order valence-corrected chi connectivity index (χ3v) is 1.33. The predicted molar refractivity (Wildman–Crippen MR) is 44.2 cm³/mol. The Morgan fingerprint density at radius 2 is 2.18 bits per heavy atom. The lowest BCUT2D eigenvalue weighted by Crippen LogP contribution is -2.33. The third kappa shape index (κ3) is 5.04. The smallest absolute Gasteiger partial charge is 0.324 e. The van der Waals surface area contributed by atoms with E-state index in [4.69, 9.17) is 17.3 Å². The van der Waals surface area contributed by atoms with Crippen LogP contribution in [0.15, 0.2) is 0 Å². The highest BCUT2D eigenvalue weighted by molar-refractivity contribution is 6.17. The first-order chi connectivity index (χ1) is 5.07. The summed E-state index contributed by atoms with van der Waals surface area (Å²) in [5.41, 5.74) is 5.47. The zero-order chi connectivity index (χ0) is 8.85. The molecule has 0 fully saturated rings. The van der Waals surface area contributed by atoms with E-state index in [9.17, 15) is 4.79 Å². The van der Waals surface area contributed by atoms with E-state index in [1.54, 1.807) is 0 Å². The number of esters is 1. The van der Waals surface area contributed by atoms with Crippen LogP contribution in [0.3, 0.4) is 0 Å². The zero-order valence-electron chi connectivity index (χ0n) is 6.84. The van der Waals surface area contributed by atoms with Crippen molar-refractivity contribution in [2.24, 2.45) is 11.7 Å². The highest BCUT2D eigenvalue weighted by Gasteiger charge is 2.15. The first-order valence-electron chi connectivity index (χ1n) is 3.56. The number of rotatable bonds is 4. The molecule has 0 saturated carbocycles. The van der Waals surface area contributed by atoms with Crippen LogP contribution in [-0.4, -0.2) is 18.1 Å². The number of hydrogen-bond donors (Lipinski definition) is 1. The molecule has 0 amide bonds. The van der Waals surface area contributed by atoms with Crippen LogP contribution in [0.1, 0.15) is 20.3 Å². The van der Waals surface area contributed by atoms with E-state index in [0.717, 1.165) is 0 Å². The van der Waals surface area contributed by atoms with Crippen LogP contribution in [0, 0.1) is 5.92 Å². The van der Waals surface area contributed by atoms with Gasteiger partial charge in [0.25, 0.3) is 0 Å². The lowest BCUT2D eigenvalue weighted by Gasteiger charge is -2.11. The van der Waals surface area contributed by atoms with Gasteiger partial charge in [-0.25, -0.2) is 0 Å². The topological polar surface area (TPSA) is 52.3 Å². The lowest BCUT2D eigenvalue weighted by molar-refractivity contribution is -0.143. The van der Waals surface area contributed by atoms with E-state index in [2.05, 4.69) is 4.74 Å². The molecule has 2 N–H and O–H groups in total. The van der Waals surface area contributed by atoms with Gasteiger partial charge in [-0.2, -0.15) is 0 Å². The highest BCUT2D eigenvalue weighted by Crippen LogP contribution is 2.03. The van der Waals surface area contributed by atoms with E-state index in [0.29, 0.717) is 12.3 Å². The van der Waals surface area contributed by atoms with Gasteiger partial charge in [-0.15, -0.1) is 0 Å². The summed E-state index contributed by atoms with van der Waals surface area (Å²) in [5.74, 6) is -0.0263. The van der Waals surface area contributed by atoms with E-state index in [-0.39, 0.29) is 6.07 Å². The molecule has 3 nitrogen and oxygen atoms in total. The van der Waals surface area contributed by atoms with Gasteiger partial charge in [-0.3, -0.25) is 4.79 Å². The molecule has 0 aliphatic carbocycles. The van der Waals surface area contributed by atoms with Crippen LogP contribution in [0.4, 0.5) is 0 Å². The Morgan fingerprint density at radius 3 is 2.55 bits per heavy atom. The molecule has 0 rings (SSSR count). The zero-order valence-corrected chi connectivity index (χ0v) is 7.60. The monoisotopic (exact) mass is 179 g/mol. The molecule has 0 saturated heterocycles. The molecular weight excluding hydrogens is 166 g/mol. The summed E-state index contributed by atoms with van der Waals surface area (Å²) in [6.07, 6.45) is 0.635. The van der Waals surface area contributed by atoms with Gasteiger partial charge in [0.2, 0.25) is 0 Å². The van der Waals surface area contributed by atoms with Crippen molar-refractivity contribution in [1.82, 2.24) is 0 Å². The summed E-state index contributed by atoms with van der Waals surface area (Å²) in [7, 11) is 0. The Bertz CT molecular complexity index is 128. The predicted octanol–water partition coefficient (Wildman–Crippen LogP) is 1.10. The molecule has 0 aromatic rings. The van der Waals surface area contributed by atoms with Gasteiger partial charge in [0, 0.05) is 0 Å². The van der Waals surface area contributed by atoms with E-state index >= 15 is 0 Å². The van der Waals surface area contributed by atoms with Crippen molar-refractivity contribution >= 4 is 17.6 Å². The number of halogens is 1. The van der Waals surface area contributed by atoms with Crippen LogP contribution in [0.5, 0.6) is 0 Å². The van der Waals surface area contributed by atoms with Crippen LogP contribution >= 0.6 is 11.6 Å². The standard InChI is InChI=1S/C7H14ClNO2/c1-5(2)3-6(9)7(10)11-4-8/h5-6H,3-4,9H2,1-2H3/t6-/m0/s1. The Kier molecular flexibility index (Phi) is 5.24. The first-order valence-corrected chi connectivity index (χ1v) is 4.09. The van der Waals surface area contributed by atoms with Crippen LogP contribution in [0.25, 0.3) is 0 Å². The first kappa shape index (κ1) is 10.7. The molecule has 0 heterocycles. The number of carbonyl (C=O) groups is 1. The van der Waals surface area contributed by atoms with Crippen molar-refractivity contribution in [3.05, 3.63) is 0 Å². The molecule has 0 aliphatic rings. The number of carbonyl (C=O) groups excluding carboxylic acids is 1. The number of ether oxygens (including phenoxy) is 1. The van der Waals surface area contributed by atoms with Crippen LogP contribution in [0.2, 0.25) is 0 Å². The average Bonchev–Trinajstić information content (AvgIpc) is 1.86. The second-order valence-corrected chi connectivity index (χ2v) is 3.03. The number of alkyl halides is 1. The SMILES string of the molecule is CC(C)C[C@H](N)C(=O)OCCl. The highest BCUT2D eigenvalue weighted by atomic mass is 35.5. The molecule has 4 heteroatoms. The van der Waals surface area contributed by atoms with Crippen LogP contribution < -0.4 is 5.73 Å². The van der Waals surface area contributed by atoms with E-state index in [1.165, 1.54) is 0 Å². The molecule has 0 radical (unpaired) electrons. The minimum Gasteiger partial charge on any atom is -0.448 e. The van der Waals surface area contributed by atoms with Crippen molar-refractivity contribution in [3.63, 3.8) is 0 Å². The molecule has 0 spiro atoms. The number of nitrogens with two attached hydrogens (primary N) is 1. The molecule has 0 aromatic heterocycles. The quantitative estimate of drug-likeness (QED) is 0.520. The van der Waals surface area contributed by atoms with Gasteiger partial charge >= 0.3 is 5.97 Å². The van der Waals surface area contributed by atoms with Gasteiger partial charge in [0.1, 0.15) is 6.04 Å². The second kappa shape index (κ2) is 5.38. The number of hydrogen-bond acceptors (Lipinski definition) is 3. The molecule has 0 bridgehead atoms. The van der Waals surface area contributed by atoms with Crippen molar-refractivity contribution in [1.29, 1.82) is 0 Å². The van der Waals surface area contributed by atoms with Gasteiger partial charge in [0.05, 0.1) is 0 Å². The Hall–Kier alpha value is -0.280. The largest absolute Gasteiger partial charge is 0.448 e. The Morgan fingerprint density at radius 1 is 1.64 bits per heavy atom. The summed E-state index contributed by atoms with van der Waals surface area (Å²) in [4.78, 5) is 10.8. The molecule has 0 aliphatic heterocycles. The Balaban J connectivity index is 3.64. The summed E-state index contributed by atoms with van der Waals surface area (Å²) in [6.45, 7) is 3.99. The minimum absolute atomic E-state index is 0.120. The summed E-state index contributed by atoms with van der Waals surface area (Å²) >= 11 is 5.18. The van der Waals surface area contributed by atoms with Crippen molar-refractivity contribution < 1.29 is 9.53 Å². The maximum Gasteiger partial charge on any atom is 0.324 e. The van der Waals surface area contributed by atoms with Crippen molar-refractivity contribution in [3.8, 4) is 0 Å². The third-order valence-electron chi connectivity index (χ3n) is 1.22. The molecule has 0 unspecified atom stereocenters. The van der Waals surface area contributed by atoms with Gasteiger partial charge in [-0.05, 0) is 12.3 Å². The summed E-state index contributed by atoms with van der Waals surface area (Å²) in [6, 6.07) is -0.654. The average molecular weight is 180 g/mol. The van der Waals surface area contributed by atoms with Crippen molar-refractivity contribution in [2.45, 2.75) is 26.3 Å². The summed E-state index contributed by atoms with van der Waals surface area (Å²) < 4.78 is 4.51. The molecule has 0 aromatic carbocycles. The molecular formula is C7H14ClNO2. The van der Waals surface area contributed by atoms with Gasteiger partial charge in [-0.1, -0.05) is 25.4 Å². The molecule has 66 valence electrons. The maximum atomic E-state index is 10.8. The van der Waals surface area contributed by atoms with Gasteiger partial charge in [0.15, 0.2) is 6.07 Å². The van der Waals surface area contributed by atoms with Gasteiger partial charge < -0.3 is 10.5 Å². The van der Waals surface area contributed by atoms with E-state index in [1.807, 2.05) is 13.8 Å².